The van der Waals surface area contributed by atoms with Crippen molar-refractivity contribution in [1.82, 2.24) is 15.8 Å². The summed E-state index contributed by atoms with van der Waals surface area (Å²) >= 11 is 0. The zero-order valence-electron chi connectivity index (χ0n) is 15.0. The quantitative estimate of drug-likeness (QED) is 0.539. The second-order valence-corrected chi connectivity index (χ2v) is 5.93. The summed E-state index contributed by atoms with van der Waals surface area (Å²) in [5.74, 6) is 1.02. The molecular formula is C19H23ClN4O3. The molecule has 0 aliphatic carbocycles. The molecule has 0 radical (unpaired) electrons. The summed E-state index contributed by atoms with van der Waals surface area (Å²) in [5, 5.41) is 12.3. The van der Waals surface area contributed by atoms with Crippen LogP contribution in [0.2, 0.25) is 0 Å². The number of nitrogens with zero attached hydrogens (tertiary/aromatic N) is 1. The van der Waals surface area contributed by atoms with Crippen LogP contribution in [-0.4, -0.2) is 43.2 Å². The van der Waals surface area contributed by atoms with Crippen LogP contribution in [0.5, 0.6) is 11.5 Å². The minimum absolute atomic E-state index is 0. The lowest BCUT2D eigenvalue weighted by molar-refractivity contribution is 0.0972. The first-order valence-electron chi connectivity index (χ1n) is 8.42. The average molecular weight is 391 g/mol. The van der Waals surface area contributed by atoms with Gasteiger partial charge in [0.05, 0.1) is 13.7 Å². The summed E-state index contributed by atoms with van der Waals surface area (Å²) < 4.78 is 11.3. The number of ether oxygens (including phenoxy) is 2. The van der Waals surface area contributed by atoms with Crippen molar-refractivity contribution in [1.29, 1.82) is 5.41 Å². The molecule has 144 valence electrons. The number of para-hydroxylation sites is 2. The second-order valence-electron chi connectivity index (χ2n) is 5.93. The number of halogens is 1. The third-order valence-electron chi connectivity index (χ3n) is 4.05. The van der Waals surface area contributed by atoms with Gasteiger partial charge in [-0.25, -0.2) is 5.01 Å². The van der Waals surface area contributed by atoms with Gasteiger partial charge in [0, 0.05) is 18.5 Å². The van der Waals surface area contributed by atoms with E-state index in [4.69, 9.17) is 14.9 Å². The van der Waals surface area contributed by atoms with Crippen LogP contribution >= 0.6 is 12.4 Å². The van der Waals surface area contributed by atoms with Gasteiger partial charge in [-0.2, -0.15) is 0 Å². The first kappa shape index (κ1) is 20.5. The number of carbonyl (C=O) groups excluding carboxylic acids is 1. The molecule has 0 aromatic heterocycles. The van der Waals surface area contributed by atoms with Crippen molar-refractivity contribution in [2.75, 3.05) is 20.2 Å². The highest BCUT2D eigenvalue weighted by molar-refractivity contribution is 6.04. The number of guanidine groups is 1. The highest BCUT2D eigenvalue weighted by Crippen LogP contribution is 2.28. The monoisotopic (exact) mass is 390 g/mol. The lowest BCUT2D eigenvalue weighted by atomic mass is 10.2. The Hall–Kier alpha value is -2.77. The fourth-order valence-corrected chi connectivity index (χ4v) is 2.78. The van der Waals surface area contributed by atoms with E-state index in [0.29, 0.717) is 30.2 Å². The van der Waals surface area contributed by atoms with E-state index in [1.54, 1.807) is 31.4 Å². The van der Waals surface area contributed by atoms with Gasteiger partial charge in [0.25, 0.3) is 5.91 Å². The molecule has 1 unspecified atom stereocenters. The number of methoxy groups -OCH3 is 1. The first-order valence-corrected chi connectivity index (χ1v) is 8.42. The predicted molar refractivity (Wildman–Crippen MR) is 106 cm³/mol. The van der Waals surface area contributed by atoms with E-state index < -0.39 is 0 Å². The largest absolute Gasteiger partial charge is 0.493 e. The molecule has 7 nitrogen and oxygen atoms in total. The number of benzene rings is 2. The molecule has 0 bridgehead atoms. The molecule has 8 heteroatoms. The Morgan fingerprint density at radius 2 is 1.78 bits per heavy atom. The van der Waals surface area contributed by atoms with Gasteiger partial charge in [-0.15, -0.1) is 12.4 Å². The van der Waals surface area contributed by atoms with Crippen LogP contribution in [0.15, 0.2) is 54.6 Å². The topological polar surface area (TPSA) is 86.7 Å². The van der Waals surface area contributed by atoms with E-state index in [1.807, 2.05) is 35.3 Å². The van der Waals surface area contributed by atoms with Crippen LogP contribution < -0.4 is 20.2 Å². The van der Waals surface area contributed by atoms with Gasteiger partial charge in [0.1, 0.15) is 6.10 Å². The molecule has 1 heterocycles. The van der Waals surface area contributed by atoms with Gasteiger partial charge in [-0.1, -0.05) is 30.3 Å². The lowest BCUT2D eigenvalue weighted by Gasteiger charge is -2.20. The summed E-state index contributed by atoms with van der Waals surface area (Å²) in [6.07, 6.45) is 0.793. The van der Waals surface area contributed by atoms with Crippen molar-refractivity contribution in [3.63, 3.8) is 0 Å². The summed E-state index contributed by atoms with van der Waals surface area (Å²) in [7, 11) is 1.61. The number of amides is 1. The Kier molecular flexibility index (Phi) is 7.45. The van der Waals surface area contributed by atoms with Gasteiger partial charge in [0.15, 0.2) is 11.5 Å². The molecule has 1 amide bonds. The van der Waals surface area contributed by atoms with E-state index in [1.165, 1.54) is 0 Å². The number of hydrogen-bond donors (Lipinski definition) is 3. The Labute approximate surface area is 164 Å². The van der Waals surface area contributed by atoms with Crippen molar-refractivity contribution >= 4 is 24.3 Å². The van der Waals surface area contributed by atoms with Crippen LogP contribution in [0.4, 0.5) is 0 Å². The van der Waals surface area contributed by atoms with Crippen LogP contribution in [0.25, 0.3) is 0 Å². The number of carbonyl (C=O) groups is 1. The smallest absolute Gasteiger partial charge is 0.257 e. The second kappa shape index (κ2) is 9.80. The number of hydrogen-bond acceptors (Lipinski definition) is 5. The first-order chi connectivity index (χ1) is 12.7. The van der Waals surface area contributed by atoms with Gasteiger partial charge >= 0.3 is 0 Å². The Balaban J connectivity index is 0.00000261. The minimum atomic E-state index is -0.316. The Morgan fingerprint density at radius 3 is 2.48 bits per heavy atom. The molecule has 0 saturated carbocycles. The molecule has 0 spiro atoms. The van der Waals surface area contributed by atoms with E-state index in [9.17, 15) is 4.79 Å². The molecular weight excluding hydrogens is 368 g/mol. The summed E-state index contributed by atoms with van der Waals surface area (Å²) in [5.41, 5.74) is 3.41. The summed E-state index contributed by atoms with van der Waals surface area (Å²) in [4.78, 5) is 12.1. The van der Waals surface area contributed by atoms with E-state index in [-0.39, 0.29) is 30.4 Å². The predicted octanol–water partition coefficient (Wildman–Crippen LogP) is 2.44. The molecule has 2 aromatic carbocycles. The summed E-state index contributed by atoms with van der Waals surface area (Å²) in [6, 6.07) is 16.3. The lowest BCUT2D eigenvalue weighted by Crippen LogP contribution is -2.48. The van der Waals surface area contributed by atoms with Crippen molar-refractivity contribution in [2.45, 2.75) is 12.5 Å². The average Bonchev–Trinajstić information content (AvgIpc) is 3.09. The summed E-state index contributed by atoms with van der Waals surface area (Å²) in [6.45, 7) is 1.31. The molecule has 3 rings (SSSR count). The third-order valence-corrected chi connectivity index (χ3v) is 4.05. The van der Waals surface area contributed by atoms with Gasteiger partial charge in [0.2, 0.25) is 5.96 Å². The van der Waals surface area contributed by atoms with Gasteiger partial charge < -0.3 is 9.47 Å². The zero-order valence-corrected chi connectivity index (χ0v) is 15.8. The Morgan fingerprint density at radius 1 is 1.11 bits per heavy atom. The number of rotatable bonds is 5. The standard InChI is InChI=1S/C19H22N4O3.ClH/c1-25-16-9-5-6-10-17(16)26-15-11-12-23(13-15)22-19(20)21-18(24)14-7-3-2-4-8-14;/h2-10,15H,11-13H2,1H3,(H3,20,21,22,24);1H. The maximum atomic E-state index is 12.1. The molecule has 1 aliphatic heterocycles. The van der Waals surface area contributed by atoms with E-state index >= 15 is 0 Å². The molecule has 1 fully saturated rings. The molecule has 1 atom stereocenters. The van der Waals surface area contributed by atoms with Gasteiger partial charge in [-0.3, -0.25) is 20.9 Å². The fourth-order valence-electron chi connectivity index (χ4n) is 2.78. The molecule has 2 aromatic rings. The molecule has 27 heavy (non-hydrogen) atoms. The molecule has 1 saturated heterocycles. The van der Waals surface area contributed by atoms with E-state index in [2.05, 4.69) is 10.7 Å². The van der Waals surface area contributed by atoms with Crippen molar-refractivity contribution in [2.24, 2.45) is 0 Å². The van der Waals surface area contributed by atoms with Crippen LogP contribution in [-0.2, 0) is 0 Å². The normalized spacial score (nSPS) is 16.1. The number of nitrogens with one attached hydrogen (secondary N) is 3. The molecule has 3 N–H and O–H groups in total. The van der Waals surface area contributed by atoms with Crippen molar-refractivity contribution in [3.8, 4) is 11.5 Å². The SMILES string of the molecule is COc1ccccc1OC1CCN(NC(=N)NC(=O)c2ccccc2)C1.Cl. The fraction of sp³-hybridized carbons (Fsp3) is 0.263. The maximum absolute atomic E-state index is 12.1. The highest BCUT2D eigenvalue weighted by Gasteiger charge is 2.25. The van der Waals surface area contributed by atoms with Crippen molar-refractivity contribution in [3.05, 3.63) is 60.2 Å². The van der Waals surface area contributed by atoms with E-state index in [0.717, 1.165) is 6.42 Å². The zero-order chi connectivity index (χ0) is 18.4. The van der Waals surface area contributed by atoms with Crippen LogP contribution in [0, 0.1) is 5.41 Å². The highest BCUT2D eigenvalue weighted by atomic mass is 35.5. The van der Waals surface area contributed by atoms with Crippen LogP contribution in [0.3, 0.4) is 0 Å². The minimum Gasteiger partial charge on any atom is -0.493 e. The van der Waals surface area contributed by atoms with Gasteiger partial charge in [-0.05, 0) is 24.3 Å². The van der Waals surface area contributed by atoms with Crippen LogP contribution in [0.1, 0.15) is 16.8 Å². The number of hydrazine groups is 1. The third kappa shape index (κ3) is 5.60. The molecule has 1 aliphatic rings. The Bertz CT molecular complexity index is 773. The maximum Gasteiger partial charge on any atom is 0.257 e. The van der Waals surface area contributed by atoms with Crippen molar-refractivity contribution < 1.29 is 14.3 Å².